The fourth-order valence-corrected chi connectivity index (χ4v) is 2.46. The van der Waals surface area contributed by atoms with Gasteiger partial charge in [-0.25, -0.2) is 9.78 Å². The van der Waals surface area contributed by atoms with Crippen molar-refractivity contribution in [2.45, 2.75) is 5.16 Å². The molecule has 0 saturated heterocycles. The van der Waals surface area contributed by atoms with E-state index >= 15 is 0 Å². The van der Waals surface area contributed by atoms with E-state index in [1.165, 1.54) is 23.9 Å². The Balaban J connectivity index is 1.91. The van der Waals surface area contributed by atoms with E-state index in [0.29, 0.717) is 16.8 Å². The molecule has 0 aliphatic carbocycles. The van der Waals surface area contributed by atoms with E-state index < -0.39 is 5.97 Å². The molecule has 5 nitrogen and oxygen atoms in total. The summed E-state index contributed by atoms with van der Waals surface area (Å²) in [6.45, 7) is 0. The number of aromatic nitrogens is 2. The van der Waals surface area contributed by atoms with Gasteiger partial charge in [-0.15, -0.1) is 0 Å². The van der Waals surface area contributed by atoms with Crippen molar-refractivity contribution in [1.29, 1.82) is 0 Å². The van der Waals surface area contributed by atoms with Crippen molar-refractivity contribution in [2.75, 3.05) is 6.26 Å². The fraction of sp³-hybridized carbons (Fsp3) is 0.0556. The van der Waals surface area contributed by atoms with Crippen LogP contribution in [-0.2, 0) is 0 Å². The predicted octanol–water partition coefficient (Wildman–Crippen LogP) is 4.36. The summed E-state index contributed by atoms with van der Waals surface area (Å²) in [5.41, 5.74) is 1.95. The Kier molecular flexibility index (Phi) is 4.77. The molecule has 3 rings (SSSR count). The monoisotopic (exact) mass is 338 g/mol. The third kappa shape index (κ3) is 3.72. The van der Waals surface area contributed by atoms with Gasteiger partial charge in [0.1, 0.15) is 5.75 Å². The average molecular weight is 338 g/mol. The first-order chi connectivity index (χ1) is 11.7. The quantitative estimate of drug-likeness (QED) is 0.550. The SMILES string of the molecule is CSc1nc(Oc2ccc(C(=O)O)cc2)cc(-c2ccccc2)n1. The molecule has 0 amide bonds. The molecule has 2 aromatic carbocycles. The summed E-state index contributed by atoms with van der Waals surface area (Å²) >= 11 is 1.43. The molecular weight excluding hydrogens is 324 g/mol. The molecule has 0 spiro atoms. The second kappa shape index (κ2) is 7.14. The highest BCUT2D eigenvalue weighted by Crippen LogP contribution is 2.27. The summed E-state index contributed by atoms with van der Waals surface area (Å²) in [5, 5.41) is 9.54. The van der Waals surface area contributed by atoms with Gasteiger partial charge in [-0.3, -0.25) is 0 Å². The van der Waals surface area contributed by atoms with E-state index in [0.717, 1.165) is 11.3 Å². The van der Waals surface area contributed by atoms with Crippen LogP contribution in [0.5, 0.6) is 11.6 Å². The molecule has 0 unspecified atom stereocenters. The van der Waals surface area contributed by atoms with Gasteiger partial charge in [0.15, 0.2) is 5.16 Å². The number of nitrogens with zero attached hydrogens (tertiary/aromatic N) is 2. The minimum absolute atomic E-state index is 0.208. The van der Waals surface area contributed by atoms with Gasteiger partial charge in [-0.2, -0.15) is 4.98 Å². The zero-order chi connectivity index (χ0) is 16.9. The lowest BCUT2D eigenvalue weighted by Crippen LogP contribution is -1.97. The lowest BCUT2D eigenvalue weighted by atomic mass is 10.1. The number of rotatable bonds is 5. The van der Waals surface area contributed by atoms with Crippen LogP contribution in [0.2, 0.25) is 0 Å². The first-order valence-electron chi connectivity index (χ1n) is 7.15. The topological polar surface area (TPSA) is 72.3 Å². The standard InChI is InChI=1S/C18H14N2O3S/c1-24-18-19-15(12-5-3-2-4-6-12)11-16(20-18)23-14-9-7-13(8-10-14)17(21)22/h2-11H,1H3,(H,21,22). The molecule has 0 saturated carbocycles. The molecule has 24 heavy (non-hydrogen) atoms. The van der Waals surface area contributed by atoms with Crippen LogP contribution in [0, 0.1) is 0 Å². The van der Waals surface area contributed by atoms with Gasteiger partial charge in [0.2, 0.25) is 5.88 Å². The number of thioether (sulfide) groups is 1. The molecule has 0 aliphatic heterocycles. The Bertz CT molecular complexity index is 852. The first kappa shape index (κ1) is 16.0. The summed E-state index contributed by atoms with van der Waals surface area (Å²) in [4.78, 5) is 19.7. The van der Waals surface area contributed by atoms with Crippen molar-refractivity contribution < 1.29 is 14.6 Å². The second-order valence-corrected chi connectivity index (χ2v) is 5.65. The van der Waals surface area contributed by atoms with Crippen molar-refractivity contribution in [3.63, 3.8) is 0 Å². The Morgan fingerprint density at radius 1 is 1.04 bits per heavy atom. The molecule has 0 bridgehead atoms. The smallest absolute Gasteiger partial charge is 0.335 e. The van der Waals surface area contributed by atoms with Crippen LogP contribution in [0.3, 0.4) is 0 Å². The van der Waals surface area contributed by atoms with Crippen LogP contribution in [0.15, 0.2) is 65.8 Å². The minimum Gasteiger partial charge on any atom is -0.478 e. The molecular formula is C18H14N2O3S. The average Bonchev–Trinajstić information content (AvgIpc) is 2.62. The predicted molar refractivity (Wildman–Crippen MR) is 92.7 cm³/mol. The minimum atomic E-state index is -0.973. The maximum Gasteiger partial charge on any atom is 0.335 e. The van der Waals surface area contributed by atoms with Gasteiger partial charge in [0.25, 0.3) is 0 Å². The summed E-state index contributed by atoms with van der Waals surface area (Å²) < 4.78 is 5.76. The fourth-order valence-electron chi connectivity index (χ4n) is 2.09. The van der Waals surface area contributed by atoms with Gasteiger partial charge in [0, 0.05) is 11.6 Å². The van der Waals surface area contributed by atoms with Crippen molar-refractivity contribution in [2.24, 2.45) is 0 Å². The van der Waals surface area contributed by atoms with Crippen LogP contribution in [-0.4, -0.2) is 27.3 Å². The van der Waals surface area contributed by atoms with Gasteiger partial charge in [0.05, 0.1) is 11.3 Å². The number of ether oxygens (including phenoxy) is 1. The van der Waals surface area contributed by atoms with Crippen LogP contribution in [0.1, 0.15) is 10.4 Å². The van der Waals surface area contributed by atoms with E-state index in [-0.39, 0.29) is 5.56 Å². The third-order valence-electron chi connectivity index (χ3n) is 3.26. The Morgan fingerprint density at radius 2 is 1.75 bits per heavy atom. The Morgan fingerprint density at radius 3 is 2.38 bits per heavy atom. The largest absolute Gasteiger partial charge is 0.478 e. The molecule has 0 aliphatic rings. The van der Waals surface area contributed by atoms with Crippen molar-refractivity contribution in [1.82, 2.24) is 9.97 Å². The summed E-state index contributed by atoms with van der Waals surface area (Å²) in [6.07, 6.45) is 1.90. The van der Waals surface area contributed by atoms with Crippen molar-refractivity contribution in [3.8, 4) is 22.9 Å². The Labute approximate surface area is 143 Å². The zero-order valence-electron chi connectivity index (χ0n) is 12.8. The molecule has 0 radical (unpaired) electrons. The number of carboxylic acid groups (broad SMARTS) is 1. The van der Waals surface area contributed by atoms with Gasteiger partial charge < -0.3 is 9.84 Å². The van der Waals surface area contributed by atoms with E-state index in [9.17, 15) is 4.79 Å². The van der Waals surface area contributed by atoms with E-state index in [1.807, 2.05) is 36.6 Å². The number of aromatic carboxylic acids is 1. The van der Waals surface area contributed by atoms with Crippen molar-refractivity contribution in [3.05, 3.63) is 66.2 Å². The third-order valence-corrected chi connectivity index (χ3v) is 3.81. The van der Waals surface area contributed by atoms with Crippen LogP contribution >= 0.6 is 11.8 Å². The molecule has 0 fully saturated rings. The first-order valence-corrected chi connectivity index (χ1v) is 8.38. The molecule has 1 N–H and O–H groups in total. The van der Waals surface area contributed by atoms with E-state index in [1.54, 1.807) is 18.2 Å². The number of hydrogen-bond donors (Lipinski definition) is 1. The molecule has 1 aromatic heterocycles. The van der Waals surface area contributed by atoms with E-state index in [2.05, 4.69) is 9.97 Å². The number of hydrogen-bond acceptors (Lipinski definition) is 5. The lowest BCUT2D eigenvalue weighted by Gasteiger charge is -2.09. The molecule has 6 heteroatoms. The summed E-state index contributed by atoms with van der Waals surface area (Å²) in [7, 11) is 0. The van der Waals surface area contributed by atoms with E-state index in [4.69, 9.17) is 9.84 Å². The maximum atomic E-state index is 10.9. The van der Waals surface area contributed by atoms with Crippen molar-refractivity contribution >= 4 is 17.7 Å². The highest BCUT2D eigenvalue weighted by molar-refractivity contribution is 7.98. The van der Waals surface area contributed by atoms with Gasteiger partial charge in [-0.05, 0) is 30.5 Å². The van der Waals surface area contributed by atoms with Gasteiger partial charge in [-0.1, -0.05) is 42.1 Å². The second-order valence-electron chi connectivity index (χ2n) is 4.88. The highest BCUT2D eigenvalue weighted by atomic mass is 32.2. The number of benzene rings is 2. The molecule has 1 heterocycles. The summed E-state index contributed by atoms with van der Waals surface area (Å²) in [6, 6.07) is 17.7. The molecule has 3 aromatic rings. The molecule has 120 valence electrons. The van der Waals surface area contributed by atoms with Crippen LogP contribution in [0.25, 0.3) is 11.3 Å². The maximum absolute atomic E-state index is 10.9. The zero-order valence-corrected chi connectivity index (χ0v) is 13.7. The summed E-state index contributed by atoms with van der Waals surface area (Å²) in [5.74, 6) is -0.0411. The molecule has 0 atom stereocenters. The lowest BCUT2D eigenvalue weighted by molar-refractivity contribution is 0.0697. The highest BCUT2D eigenvalue weighted by Gasteiger charge is 2.09. The van der Waals surface area contributed by atoms with Gasteiger partial charge >= 0.3 is 5.97 Å². The normalized spacial score (nSPS) is 10.4. The Hall–Kier alpha value is -2.86. The van der Waals surface area contributed by atoms with Crippen LogP contribution < -0.4 is 4.74 Å². The number of carbonyl (C=O) groups is 1. The number of carboxylic acids is 1. The van der Waals surface area contributed by atoms with Crippen LogP contribution in [0.4, 0.5) is 0 Å².